The van der Waals surface area contributed by atoms with Gasteiger partial charge in [0.25, 0.3) is 0 Å². The number of nitrogens with zero attached hydrogens (tertiary/aromatic N) is 2. The van der Waals surface area contributed by atoms with Crippen LogP contribution in [0.2, 0.25) is 0 Å². The number of ether oxygens (including phenoxy) is 2. The summed E-state index contributed by atoms with van der Waals surface area (Å²) in [5, 5.41) is 0. The van der Waals surface area contributed by atoms with Crippen molar-refractivity contribution in [2.75, 3.05) is 6.61 Å². The van der Waals surface area contributed by atoms with E-state index in [9.17, 15) is 0 Å². The van der Waals surface area contributed by atoms with Gasteiger partial charge in [-0.2, -0.15) is 0 Å². The van der Waals surface area contributed by atoms with Gasteiger partial charge in [0.05, 0.1) is 25.6 Å². The molecule has 2 unspecified atom stereocenters. The van der Waals surface area contributed by atoms with Crippen molar-refractivity contribution in [3.8, 4) is 0 Å². The second-order valence-electron chi connectivity index (χ2n) is 5.97. The van der Waals surface area contributed by atoms with Crippen molar-refractivity contribution in [3.05, 3.63) is 54.6 Å². The predicted molar refractivity (Wildman–Crippen MR) is 85.5 cm³/mol. The van der Waals surface area contributed by atoms with Crippen LogP contribution in [0, 0.1) is 0 Å². The third-order valence-electron chi connectivity index (χ3n) is 4.14. The molecule has 0 spiro atoms. The molecule has 0 saturated carbocycles. The lowest BCUT2D eigenvalue weighted by Gasteiger charge is -2.28. The van der Waals surface area contributed by atoms with E-state index < -0.39 is 5.79 Å². The van der Waals surface area contributed by atoms with Gasteiger partial charge in [-0.1, -0.05) is 43.7 Å². The highest BCUT2D eigenvalue weighted by Crippen LogP contribution is 2.32. The molecule has 1 aromatic heterocycles. The number of rotatable bonds is 7. The molecule has 118 valence electrons. The van der Waals surface area contributed by atoms with E-state index >= 15 is 0 Å². The summed E-state index contributed by atoms with van der Waals surface area (Å²) in [6, 6.07) is 10.5. The highest BCUT2D eigenvalue weighted by atomic mass is 16.7. The molecule has 1 aliphatic heterocycles. The predicted octanol–water partition coefficient (Wildman–Crippen LogP) is 3.43. The molecule has 0 radical (unpaired) electrons. The molecule has 2 heterocycles. The molecule has 1 fully saturated rings. The molecule has 2 aromatic rings. The summed E-state index contributed by atoms with van der Waals surface area (Å²) in [4.78, 5) is 4.12. The van der Waals surface area contributed by atoms with Crippen molar-refractivity contribution < 1.29 is 9.47 Å². The van der Waals surface area contributed by atoms with Gasteiger partial charge in [-0.05, 0) is 18.4 Å². The van der Waals surface area contributed by atoms with Crippen molar-refractivity contribution in [2.24, 2.45) is 0 Å². The molecule has 0 amide bonds. The average molecular weight is 300 g/mol. The molecule has 3 rings (SSSR count). The Balaban J connectivity index is 1.69. The van der Waals surface area contributed by atoms with E-state index in [0.29, 0.717) is 13.2 Å². The molecule has 0 bridgehead atoms. The van der Waals surface area contributed by atoms with E-state index in [1.807, 2.05) is 23.2 Å². The Morgan fingerprint density at radius 3 is 2.91 bits per heavy atom. The molecule has 1 aliphatic rings. The van der Waals surface area contributed by atoms with E-state index in [4.69, 9.17) is 9.47 Å². The Kier molecular flexibility index (Phi) is 4.90. The fourth-order valence-electron chi connectivity index (χ4n) is 3.01. The van der Waals surface area contributed by atoms with Gasteiger partial charge in [-0.25, -0.2) is 4.98 Å². The third kappa shape index (κ3) is 3.76. The monoisotopic (exact) mass is 300 g/mol. The van der Waals surface area contributed by atoms with Crippen LogP contribution in [0.3, 0.4) is 0 Å². The maximum Gasteiger partial charge on any atom is 0.187 e. The quantitative estimate of drug-likeness (QED) is 0.786. The molecule has 1 saturated heterocycles. The number of aryl methyl sites for hydroxylation is 1. The molecule has 4 heteroatoms. The molecule has 0 aliphatic carbocycles. The maximum absolute atomic E-state index is 6.31. The van der Waals surface area contributed by atoms with E-state index in [-0.39, 0.29) is 6.10 Å². The zero-order valence-corrected chi connectivity index (χ0v) is 13.1. The van der Waals surface area contributed by atoms with Crippen LogP contribution in [-0.2, 0) is 22.4 Å². The van der Waals surface area contributed by atoms with Gasteiger partial charge in [0.1, 0.15) is 0 Å². The van der Waals surface area contributed by atoms with Crippen LogP contribution in [0.25, 0.3) is 0 Å². The van der Waals surface area contributed by atoms with Crippen LogP contribution in [0.1, 0.15) is 31.7 Å². The van der Waals surface area contributed by atoms with E-state index in [2.05, 4.69) is 36.2 Å². The van der Waals surface area contributed by atoms with Crippen molar-refractivity contribution in [1.82, 2.24) is 9.55 Å². The maximum atomic E-state index is 6.31. The fourth-order valence-corrected chi connectivity index (χ4v) is 3.01. The van der Waals surface area contributed by atoms with Crippen LogP contribution in [0.5, 0.6) is 0 Å². The first-order valence-corrected chi connectivity index (χ1v) is 8.11. The van der Waals surface area contributed by atoms with Crippen LogP contribution >= 0.6 is 0 Å². The fraction of sp³-hybridized carbons (Fsp3) is 0.500. The standard InChI is InChI=1S/C18H24N2O2/c1-2-6-17-13-21-18(22-17,14-20-12-11-19-15-20)10-9-16-7-4-3-5-8-16/h3-5,7-8,11-12,15,17H,2,6,9-10,13-14H2,1H3. The smallest absolute Gasteiger partial charge is 0.187 e. The topological polar surface area (TPSA) is 36.3 Å². The zero-order valence-electron chi connectivity index (χ0n) is 13.1. The first kappa shape index (κ1) is 15.3. The van der Waals surface area contributed by atoms with Gasteiger partial charge >= 0.3 is 0 Å². The molecular weight excluding hydrogens is 276 g/mol. The molecular formula is C18H24N2O2. The third-order valence-corrected chi connectivity index (χ3v) is 4.14. The second kappa shape index (κ2) is 7.07. The normalized spacial score (nSPS) is 24.7. The van der Waals surface area contributed by atoms with Crippen molar-refractivity contribution in [3.63, 3.8) is 0 Å². The minimum absolute atomic E-state index is 0.212. The summed E-state index contributed by atoms with van der Waals surface area (Å²) in [7, 11) is 0. The van der Waals surface area contributed by atoms with Crippen LogP contribution < -0.4 is 0 Å². The molecule has 0 N–H and O–H groups in total. The Labute approximate surface area is 132 Å². The number of hydrogen-bond donors (Lipinski definition) is 0. The summed E-state index contributed by atoms with van der Waals surface area (Å²) in [5.41, 5.74) is 1.32. The van der Waals surface area contributed by atoms with Gasteiger partial charge < -0.3 is 14.0 Å². The van der Waals surface area contributed by atoms with Crippen molar-refractivity contribution in [2.45, 2.75) is 51.0 Å². The number of imidazole rings is 1. The lowest BCUT2D eigenvalue weighted by Crippen LogP contribution is -2.36. The van der Waals surface area contributed by atoms with E-state index in [1.54, 1.807) is 6.20 Å². The van der Waals surface area contributed by atoms with Gasteiger partial charge in [0, 0.05) is 18.8 Å². The summed E-state index contributed by atoms with van der Waals surface area (Å²) in [6.45, 7) is 3.57. The molecule has 1 aromatic carbocycles. The lowest BCUT2D eigenvalue weighted by molar-refractivity contribution is -0.182. The number of hydrogen-bond acceptors (Lipinski definition) is 3. The van der Waals surface area contributed by atoms with Gasteiger partial charge in [0.2, 0.25) is 0 Å². The number of aromatic nitrogens is 2. The van der Waals surface area contributed by atoms with E-state index in [1.165, 1.54) is 5.56 Å². The minimum Gasteiger partial charge on any atom is -0.345 e. The second-order valence-corrected chi connectivity index (χ2v) is 5.97. The van der Waals surface area contributed by atoms with Crippen LogP contribution in [-0.4, -0.2) is 28.0 Å². The van der Waals surface area contributed by atoms with Gasteiger partial charge in [-0.3, -0.25) is 0 Å². The highest BCUT2D eigenvalue weighted by molar-refractivity contribution is 5.15. The van der Waals surface area contributed by atoms with Crippen molar-refractivity contribution in [1.29, 1.82) is 0 Å². The van der Waals surface area contributed by atoms with E-state index in [0.717, 1.165) is 25.7 Å². The van der Waals surface area contributed by atoms with Crippen LogP contribution in [0.4, 0.5) is 0 Å². The average Bonchev–Trinajstić information content (AvgIpc) is 3.18. The summed E-state index contributed by atoms with van der Waals surface area (Å²) in [5.74, 6) is -0.531. The largest absolute Gasteiger partial charge is 0.345 e. The van der Waals surface area contributed by atoms with Gasteiger partial charge in [0.15, 0.2) is 5.79 Å². The summed E-state index contributed by atoms with van der Waals surface area (Å²) in [6.07, 6.45) is 9.77. The van der Waals surface area contributed by atoms with Crippen molar-refractivity contribution >= 4 is 0 Å². The first-order valence-electron chi connectivity index (χ1n) is 8.11. The Bertz CT molecular complexity index is 556. The Morgan fingerprint density at radius 2 is 2.18 bits per heavy atom. The minimum atomic E-state index is -0.531. The molecule has 22 heavy (non-hydrogen) atoms. The highest BCUT2D eigenvalue weighted by Gasteiger charge is 2.41. The molecule has 4 nitrogen and oxygen atoms in total. The summed E-state index contributed by atoms with van der Waals surface area (Å²) >= 11 is 0. The van der Waals surface area contributed by atoms with Crippen LogP contribution in [0.15, 0.2) is 49.1 Å². The zero-order chi connectivity index (χ0) is 15.3. The Hall–Kier alpha value is -1.65. The first-order chi connectivity index (χ1) is 10.8. The SMILES string of the molecule is CCCC1COC(CCc2ccccc2)(Cn2ccnc2)O1. The summed E-state index contributed by atoms with van der Waals surface area (Å²) < 4.78 is 14.5. The molecule has 2 atom stereocenters. The number of benzene rings is 1. The lowest BCUT2D eigenvalue weighted by atomic mass is 10.0. The Morgan fingerprint density at radius 1 is 1.32 bits per heavy atom. The van der Waals surface area contributed by atoms with Gasteiger partial charge in [-0.15, -0.1) is 0 Å².